The van der Waals surface area contributed by atoms with Crippen molar-refractivity contribution in [3.8, 4) is 0 Å². The number of guanidine groups is 1. The van der Waals surface area contributed by atoms with E-state index in [9.17, 15) is 0 Å². The van der Waals surface area contributed by atoms with Crippen LogP contribution in [0.25, 0.3) is 0 Å². The summed E-state index contributed by atoms with van der Waals surface area (Å²) in [7, 11) is 1.93. The first kappa shape index (κ1) is 18.8. The van der Waals surface area contributed by atoms with E-state index in [0.717, 1.165) is 36.9 Å². The highest BCUT2D eigenvalue weighted by molar-refractivity contribution is 7.09. The molecular weight excluding hydrogens is 348 g/mol. The van der Waals surface area contributed by atoms with E-state index in [1.165, 1.54) is 5.01 Å². The number of aromatic nitrogens is 3. The molecule has 0 aromatic carbocycles. The fourth-order valence-electron chi connectivity index (χ4n) is 2.89. The largest absolute Gasteiger partial charge is 0.370 e. The van der Waals surface area contributed by atoms with Crippen molar-refractivity contribution in [2.75, 3.05) is 26.2 Å². The van der Waals surface area contributed by atoms with Crippen molar-refractivity contribution in [1.29, 1.82) is 0 Å². The van der Waals surface area contributed by atoms with E-state index in [0.29, 0.717) is 19.1 Å². The number of ether oxygens (including phenoxy) is 1. The van der Waals surface area contributed by atoms with Crippen molar-refractivity contribution in [3.05, 3.63) is 34.0 Å². The summed E-state index contributed by atoms with van der Waals surface area (Å²) in [5.41, 5.74) is 2.14. The zero-order valence-electron chi connectivity index (χ0n) is 16.0. The molecule has 1 saturated heterocycles. The molecule has 1 aliphatic heterocycles. The molecule has 142 valence electrons. The molecule has 0 spiro atoms. The molecule has 0 amide bonds. The smallest absolute Gasteiger partial charge is 0.194 e. The topological polar surface area (TPSA) is 67.6 Å². The lowest BCUT2D eigenvalue weighted by Gasteiger charge is -2.34. The number of hydrogen-bond donors (Lipinski definition) is 1. The molecule has 26 heavy (non-hydrogen) atoms. The van der Waals surface area contributed by atoms with Crippen molar-refractivity contribution < 1.29 is 4.74 Å². The van der Waals surface area contributed by atoms with Crippen molar-refractivity contribution >= 4 is 17.3 Å². The maximum Gasteiger partial charge on any atom is 0.194 e. The summed E-state index contributed by atoms with van der Waals surface area (Å²) in [6.45, 7) is 10.1. The van der Waals surface area contributed by atoms with Crippen LogP contribution >= 0.6 is 11.3 Å². The Bertz CT molecular complexity index is 738. The molecule has 1 fully saturated rings. The number of thiazole rings is 1. The Morgan fingerprint density at radius 1 is 1.50 bits per heavy atom. The average molecular weight is 377 g/mol. The number of nitrogens with zero attached hydrogens (tertiary/aromatic N) is 5. The molecule has 2 aromatic rings. The van der Waals surface area contributed by atoms with Gasteiger partial charge in [-0.15, -0.1) is 11.3 Å². The molecule has 1 atom stereocenters. The second-order valence-electron chi connectivity index (χ2n) is 6.75. The summed E-state index contributed by atoms with van der Waals surface area (Å²) >= 11 is 1.71. The number of rotatable bonds is 5. The van der Waals surface area contributed by atoms with E-state index < -0.39 is 0 Å². The van der Waals surface area contributed by atoms with Gasteiger partial charge in [0.15, 0.2) is 5.96 Å². The van der Waals surface area contributed by atoms with E-state index in [1.807, 2.05) is 24.1 Å². The molecule has 0 bridgehead atoms. The zero-order valence-corrected chi connectivity index (χ0v) is 16.8. The first-order valence-electron chi connectivity index (χ1n) is 9.14. The molecule has 1 N–H and O–H groups in total. The fourth-order valence-corrected chi connectivity index (χ4v) is 3.72. The second-order valence-corrected chi connectivity index (χ2v) is 7.64. The Kier molecular flexibility index (Phi) is 6.26. The first-order chi connectivity index (χ1) is 12.6. The lowest BCUT2D eigenvalue weighted by atomic mass is 10.1. The fraction of sp³-hybridized carbons (Fsp3) is 0.611. The molecule has 0 aliphatic carbocycles. The predicted octanol–water partition coefficient (Wildman–Crippen LogP) is 2.54. The molecule has 3 heterocycles. The van der Waals surface area contributed by atoms with E-state index in [1.54, 1.807) is 11.3 Å². The highest BCUT2D eigenvalue weighted by atomic mass is 32.1. The molecule has 8 heteroatoms. The van der Waals surface area contributed by atoms with Gasteiger partial charge in [0, 0.05) is 43.2 Å². The zero-order chi connectivity index (χ0) is 18.5. The number of aliphatic imine (C=N–C) groups is 1. The van der Waals surface area contributed by atoms with Gasteiger partial charge in [0.2, 0.25) is 0 Å². The van der Waals surface area contributed by atoms with Gasteiger partial charge in [-0.25, -0.2) is 9.98 Å². The van der Waals surface area contributed by atoms with E-state index >= 15 is 0 Å². The summed E-state index contributed by atoms with van der Waals surface area (Å²) in [6, 6.07) is 0. The Hall–Kier alpha value is -1.93. The molecule has 0 radical (unpaired) electrons. The summed E-state index contributed by atoms with van der Waals surface area (Å²) < 4.78 is 7.75. The number of morpholine rings is 1. The van der Waals surface area contributed by atoms with Crippen LogP contribution in [0.1, 0.15) is 49.1 Å². The number of nitrogens with one attached hydrogen (secondary N) is 1. The number of aryl methyl sites for hydroxylation is 1. The maximum atomic E-state index is 5.94. The minimum absolute atomic E-state index is 0.0214. The summed E-state index contributed by atoms with van der Waals surface area (Å²) in [6.07, 6.45) is 3.91. The van der Waals surface area contributed by atoms with Crippen LogP contribution < -0.4 is 5.32 Å². The van der Waals surface area contributed by atoms with Crippen LogP contribution in [0.2, 0.25) is 0 Å². The Morgan fingerprint density at radius 3 is 3.00 bits per heavy atom. The Labute approximate surface area is 159 Å². The van der Waals surface area contributed by atoms with Crippen LogP contribution in [0, 0.1) is 0 Å². The lowest BCUT2D eigenvalue weighted by molar-refractivity contribution is -0.00805. The van der Waals surface area contributed by atoms with Crippen molar-refractivity contribution in [1.82, 2.24) is 25.0 Å². The van der Waals surface area contributed by atoms with Crippen LogP contribution in [-0.2, 0) is 18.3 Å². The van der Waals surface area contributed by atoms with Crippen molar-refractivity contribution in [3.63, 3.8) is 0 Å². The van der Waals surface area contributed by atoms with Gasteiger partial charge in [-0.05, 0) is 6.92 Å². The minimum Gasteiger partial charge on any atom is -0.370 e. The van der Waals surface area contributed by atoms with Gasteiger partial charge >= 0.3 is 0 Å². The number of hydrogen-bond acceptors (Lipinski definition) is 5. The van der Waals surface area contributed by atoms with Crippen molar-refractivity contribution in [2.45, 2.75) is 39.3 Å². The summed E-state index contributed by atoms with van der Waals surface area (Å²) in [4.78, 5) is 11.8. The van der Waals surface area contributed by atoms with Crippen LogP contribution in [0.4, 0.5) is 0 Å². The molecule has 3 rings (SSSR count). The molecule has 1 aliphatic rings. The monoisotopic (exact) mass is 376 g/mol. The standard InChI is InChI=1S/C18H28N6OS/c1-5-19-18(20-9-15-12-26-17(22-15)13(2)3)24-6-7-25-16(11-24)14-8-21-23(4)10-14/h8,10,12-13,16H,5-7,9,11H2,1-4H3,(H,19,20). The molecular formula is C18H28N6OS. The van der Waals surface area contributed by atoms with E-state index in [2.05, 4.69) is 46.5 Å². The highest BCUT2D eigenvalue weighted by Gasteiger charge is 2.25. The van der Waals surface area contributed by atoms with Crippen LogP contribution in [0.15, 0.2) is 22.8 Å². The van der Waals surface area contributed by atoms with Crippen LogP contribution in [-0.4, -0.2) is 51.9 Å². The lowest BCUT2D eigenvalue weighted by Crippen LogP contribution is -2.48. The van der Waals surface area contributed by atoms with Gasteiger partial charge in [0.1, 0.15) is 6.10 Å². The molecule has 7 nitrogen and oxygen atoms in total. The molecule has 1 unspecified atom stereocenters. The summed E-state index contributed by atoms with van der Waals surface area (Å²) in [5.74, 6) is 1.38. The first-order valence-corrected chi connectivity index (χ1v) is 10.0. The third-order valence-electron chi connectivity index (χ3n) is 4.25. The van der Waals surface area contributed by atoms with Gasteiger partial charge < -0.3 is 15.0 Å². The van der Waals surface area contributed by atoms with Gasteiger partial charge in [-0.2, -0.15) is 5.10 Å². The van der Waals surface area contributed by atoms with Gasteiger partial charge in [0.25, 0.3) is 0 Å². The predicted molar refractivity (Wildman–Crippen MR) is 104 cm³/mol. The summed E-state index contributed by atoms with van der Waals surface area (Å²) in [5, 5.41) is 10.9. The second kappa shape index (κ2) is 8.64. The Morgan fingerprint density at radius 2 is 2.35 bits per heavy atom. The quantitative estimate of drug-likeness (QED) is 0.642. The van der Waals surface area contributed by atoms with Gasteiger partial charge in [-0.1, -0.05) is 13.8 Å². The van der Waals surface area contributed by atoms with Crippen LogP contribution in [0.3, 0.4) is 0 Å². The SMILES string of the molecule is CCNC(=NCc1csc(C(C)C)n1)N1CCOC(c2cnn(C)c2)C1. The normalized spacial score (nSPS) is 18.6. The molecule has 2 aromatic heterocycles. The van der Waals surface area contributed by atoms with E-state index in [4.69, 9.17) is 9.73 Å². The minimum atomic E-state index is 0.0214. The van der Waals surface area contributed by atoms with Crippen molar-refractivity contribution in [2.24, 2.45) is 12.0 Å². The van der Waals surface area contributed by atoms with E-state index in [-0.39, 0.29) is 6.10 Å². The average Bonchev–Trinajstić information content (AvgIpc) is 3.28. The molecule has 0 saturated carbocycles. The highest BCUT2D eigenvalue weighted by Crippen LogP contribution is 2.22. The van der Waals surface area contributed by atoms with Crippen LogP contribution in [0.5, 0.6) is 0 Å². The maximum absolute atomic E-state index is 5.94. The third kappa shape index (κ3) is 4.62. The third-order valence-corrected chi connectivity index (χ3v) is 5.45. The van der Waals surface area contributed by atoms with Gasteiger partial charge in [0.05, 0.1) is 36.6 Å². The Balaban J connectivity index is 1.69. The van der Waals surface area contributed by atoms with Gasteiger partial charge in [-0.3, -0.25) is 4.68 Å².